The van der Waals surface area contributed by atoms with Crippen LogP contribution in [0.15, 0.2) is 18.2 Å². The second-order valence-corrected chi connectivity index (χ2v) is 6.06. The minimum absolute atomic E-state index is 0.0877. The van der Waals surface area contributed by atoms with Gasteiger partial charge in [-0.1, -0.05) is 12.1 Å². The number of nitrogens with zero attached hydrogens (tertiary/aromatic N) is 3. The highest BCUT2D eigenvalue weighted by Crippen LogP contribution is 2.34. The van der Waals surface area contributed by atoms with E-state index in [2.05, 4.69) is 15.9 Å². The summed E-state index contributed by atoms with van der Waals surface area (Å²) in [6.07, 6.45) is -0.303. The molecule has 1 aromatic heterocycles. The summed E-state index contributed by atoms with van der Waals surface area (Å²) in [6, 6.07) is 6.02. The highest BCUT2D eigenvalue weighted by molar-refractivity contribution is 5.83. The third-order valence-electron chi connectivity index (χ3n) is 4.44. The minimum Gasteiger partial charge on any atom is -0.466 e. The zero-order valence-corrected chi connectivity index (χ0v) is 14.7. The van der Waals surface area contributed by atoms with Gasteiger partial charge in [0.05, 0.1) is 24.4 Å². The third-order valence-corrected chi connectivity index (χ3v) is 4.44. The summed E-state index contributed by atoms with van der Waals surface area (Å²) in [7, 11) is 4.92. The van der Waals surface area contributed by atoms with E-state index in [1.165, 1.54) is 7.11 Å². The number of rotatable bonds is 4. The van der Waals surface area contributed by atoms with E-state index in [-0.39, 0.29) is 6.04 Å². The molecule has 0 bridgehead atoms. The topological polar surface area (TPSA) is 82.9 Å². The van der Waals surface area contributed by atoms with Crippen LogP contribution in [0.2, 0.25) is 0 Å². The van der Waals surface area contributed by atoms with E-state index < -0.39 is 24.6 Å². The normalized spacial score (nSPS) is 20.8. The number of hydrogen-bond donors (Lipinski definition) is 0. The van der Waals surface area contributed by atoms with E-state index in [0.29, 0.717) is 6.42 Å². The van der Waals surface area contributed by atoms with Crippen molar-refractivity contribution in [3.05, 3.63) is 29.5 Å². The molecule has 134 valence electrons. The fourth-order valence-electron chi connectivity index (χ4n) is 3.10. The molecule has 2 unspecified atom stereocenters. The maximum absolute atomic E-state index is 12.1. The summed E-state index contributed by atoms with van der Waals surface area (Å²) >= 11 is 0. The number of carbonyl (C=O) groups is 2. The molecule has 0 saturated carbocycles. The number of hydrogen-bond acceptors (Lipinski definition) is 7. The Morgan fingerprint density at radius 2 is 2.12 bits per heavy atom. The van der Waals surface area contributed by atoms with Crippen molar-refractivity contribution in [1.82, 2.24) is 14.8 Å². The van der Waals surface area contributed by atoms with Crippen LogP contribution in [0.1, 0.15) is 23.7 Å². The number of methoxy groups -OCH3 is 1. The molecule has 0 aliphatic carbocycles. The van der Waals surface area contributed by atoms with Crippen LogP contribution in [0.25, 0.3) is 10.9 Å². The lowest BCUT2D eigenvalue weighted by Crippen LogP contribution is -2.26. The molecule has 8 heteroatoms. The van der Waals surface area contributed by atoms with Gasteiger partial charge in [0.2, 0.25) is 0 Å². The first-order chi connectivity index (χ1) is 11.9. The van der Waals surface area contributed by atoms with Gasteiger partial charge in [-0.25, -0.2) is 9.59 Å². The van der Waals surface area contributed by atoms with Crippen LogP contribution in [-0.4, -0.2) is 53.7 Å². The van der Waals surface area contributed by atoms with Crippen LogP contribution in [-0.2, 0) is 30.9 Å². The van der Waals surface area contributed by atoms with Gasteiger partial charge in [-0.2, -0.15) is 10.2 Å². The lowest BCUT2D eigenvalue weighted by Gasteiger charge is -2.17. The fourth-order valence-corrected chi connectivity index (χ4v) is 3.10. The smallest absolute Gasteiger partial charge is 0.344 e. The molecule has 8 nitrogen and oxygen atoms in total. The number of ether oxygens (including phenoxy) is 2. The molecule has 1 fully saturated rings. The summed E-state index contributed by atoms with van der Waals surface area (Å²) in [6.45, 7) is 1.56. The molecule has 2 aromatic rings. The zero-order chi connectivity index (χ0) is 18.1. The number of carbonyl (C=O) groups excluding carboxylic acids is 2. The number of fused-ring (bicyclic) bond motifs is 1. The molecular weight excluding hydrogens is 326 g/mol. The summed E-state index contributed by atoms with van der Waals surface area (Å²) in [5, 5.41) is 7.17. The number of hydroxylamine groups is 2. The van der Waals surface area contributed by atoms with Crippen molar-refractivity contribution in [1.29, 1.82) is 0 Å². The number of aryl methyl sites for hydroxylation is 2. The van der Waals surface area contributed by atoms with Crippen molar-refractivity contribution in [2.24, 2.45) is 7.05 Å². The number of aromatic nitrogens is 2. The molecule has 0 N–H and O–H groups in total. The molecule has 1 aromatic carbocycles. The lowest BCUT2D eigenvalue weighted by molar-refractivity contribution is -0.184. The van der Waals surface area contributed by atoms with Crippen molar-refractivity contribution in [3.63, 3.8) is 0 Å². The molecule has 0 spiro atoms. The van der Waals surface area contributed by atoms with E-state index >= 15 is 0 Å². The van der Waals surface area contributed by atoms with Crippen LogP contribution >= 0.6 is 0 Å². The molecular formula is C17H21N3O5. The first-order valence-corrected chi connectivity index (χ1v) is 7.97. The predicted octanol–water partition coefficient (Wildman–Crippen LogP) is 1.27. The summed E-state index contributed by atoms with van der Waals surface area (Å²) in [5.74, 6) is -1.18. The maximum atomic E-state index is 12.1. The Morgan fingerprint density at radius 1 is 1.36 bits per heavy atom. The van der Waals surface area contributed by atoms with E-state index in [9.17, 15) is 9.59 Å². The van der Waals surface area contributed by atoms with Gasteiger partial charge in [0.1, 0.15) is 0 Å². The Kier molecular flexibility index (Phi) is 4.73. The zero-order valence-electron chi connectivity index (χ0n) is 14.7. The second kappa shape index (κ2) is 6.81. The molecule has 3 rings (SSSR count). The Hall–Kier alpha value is -2.45. The Balaban J connectivity index is 1.74. The van der Waals surface area contributed by atoms with E-state index in [0.717, 1.165) is 22.2 Å². The summed E-state index contributed by atoms with van der Waals surface area (Å²) in [5.41, 5.74) is 3.03. The molecule has 1 saturated heterocycles. The largest absolute Gasteiger partial charge is 0.466 e. The molecule has 25 heavy (non-hydrogen) atoms. The minimum atomic E-state index is -0.747. The standard InChI is InChI=1S/C17H21N3O5/c1-10-12-6-5-11(7-14(12)19(2)18-10)13-8-15(25-20(13)3)17(22)24-9-16(21)23-4/h5-7,13,15H,8-9H2,1-4H3. The maximum Gasteiger partial charge on any atom is 0.344 e. The SMILES string of the molecule is COC(=O)COC(=O)C1CC(c2ccc3c(C)nn(C)c3c2)N(C)O1. The first kappa shape index (κ1) is 17.4. The van der Waals surface area contributed by atoms with Crippen LogP contribution in [0, 0.1) is 6.92 Å². The molecule has 1 aliphatic rings. The van der Waals surface area contributed by atoms with Crippen LogP contribution < -0.4 is 0 Å². The first-order valence-electron chi connectivity index (χ1n) is 7.97. The summed E-state index contributed by atoms with van der Waals surface area (Å²) in [4.78, 5) is 28.7. The van der Waals surface area contributed by atoms with Gasteiger partial charge in [0, 0.05) is 25.9 Å². The van der Waals surface area contributed by atoms with Gasteiger partial charge in [-0.05, 0) is 18.6 Å². The highest BCUT2D eigenvalue weighted by atomic mass is 16.7. The molecule has 2 heterocycles. The number of esters is 2. The molecule has 0 amide bonds. The molecule has 0 radical (unpaired) electrons. The second-order valence-electron chi connectivity index (χ2n) is 6.06. The van der Waals surface area contributed by atoms with Crippen LogP contribution in [0.5, 0.6) is 0 Å². The van der Waals surface area contributed by atoms with Crippen molar-refractivity contribution in [2.75, 3.05) is 20.8 Å². The van der Waals surface area contributed by atoms with Crippen molar-refractivity contribution < 1.29 is 23.9 Å². The molecule has 1 aliphatic heterocycles. The Morgan fingerprint density at radius 3 is 2.84 bits per heavy atom. The van der Waals surface area contributed by atoms with Gasteiger partial charge in [-0.15, -0.1) is 0 Å². The van der Waals surface area contributed by atoms with Crippen molar-refractivity contribution >= 4 is 22.8 Å². The van der Waals surface area contributed by atoms with Crippen LogP contribution in [0.4, 0.5) is 0 Å². The Bertz CT molecular complexity index is 816. The van der Waals surface area contributed by atoms with Gasteiger partial charge < -0.3 is 9.47 Å². The number of benzene rings is 1. The molecule has 2 atom stereocenters. The third kappa shape index (κ3) is 3.35. The van der Waals surface area contributed by atoms with Gasteiger partial charge in [0.25, 0.3) is 0 Å². The van der Waals surface area contributed by atoms with E-state index in [4.69, 9.17) is 9.57 Å². The van der Waals surface area contributed by atoms with Crippen molar-refractivity contribution in [2.45, 2.75) is 25.5 Å². The van der Waals surface area contributed by atoms with E-state index in [1.807, 2.05) is 30.8 Å². The Labute approximate surface area is 145 Å². The quantitative estimate of drug-likeness (QED) is 0.770. The highest BCUT2D eigenvalue weighted by Gasteiger charge is 2.37. The summed E-state index contributed by atoms with van der Waals surface area (Å²) < 4.78 is 11.2. The average molecular weight is 347 g/mol. The van der Waals surface area contributed by atoms with Gasteiger partial charge in [-0.3, -0.25) is 9.52 Å². The van der Waals surface area contributed by atoms with Gasteiger partial charge in [0.15, 0.2) is 12.7 Å². The lowest BCUT2D eigenvalue weighted by atomic mass is 10.00. The fraction of sp³-hybridized carbons (Fsp3) is 0.471. The van der Waals surface area contributed by atoms with Crippen LogP contribution in [0.3, 0.4) is 0 Å². The monoisotopic (exact) mass is 347 g/mol. The predicted molar refractivity (Wildman–Crippen MR) is 88.4 cm³/mol. The van der Waals surface area contributed by atoms with Crippen molar-refractivity contribution in [3.8, 4) is 0 Å². The van der Waals surface area contributed by atoms with E-state index in [1.54, 1.807) is 12.1 Å². The van der Waals surface area contributed by atoms with Gasteiger partial charge >= 0.3 is 11.9 Å². The average Bonchev–Trinajstić information content (AvgIpc) is 3.12.